The van der Waals surface area contributed by atoms with E-state index in [2.05, 4.69) is 10.6 Å². The maximum absolute atomic E-state index is 13.8. The summed E-state index contributed by atoms with van der Waals surface area (Å²) in [6.07, 6.45) is 1.86. The molecule has 0 saturated heterocycles. The molecule has 4 nitrogen and oxygen atoms in total. The van der Waals surface area contributed by atoms with Crippen LogP contribution in [-0.4, -0.2) is 11.8 Å². The molecular weight excluding hydrogens is 319 g/mol. The lowest BCUT2D eigenvalue weighted by Crippen LogP contribution is -2.15. The van der Waals surface area contributed by atoms with Crippen molar-refractivity contribution in [3.05, 3.63) is 58.9 Å². The van der Waals surface area contributed by atoms with Crippen LogP contribution in [0.2, 0.25) is 5.02 Å². The maximum atomic E-state index is 13.8. The van der Waals surface area contributed by atoms with Gasteiger partial charge in [0.1, 0.15) is 0 Å². The molecule has 1 aliphatic carbocycles. The Balaban J connectivity index is 1.67. The minimum atomic E-state index is -0.671. The number of hydrogen-bond acceptors (Lipinski definition) is 2. The predicted molar refractivity (Wildman–Crippen MR) is 87.2 cm³/mol. The summed E-state index contributed by atoms with van der Waals surface area (Å²) in [7, 11) is 0. The molecule has 2 amide bonds. The van der Waals surface area contributed by atoms with E-state index in [4.69, 9.17) is 11.6 Å². The zero-order valence-electron chi connectivity index (χ0n) is 12.1. The Hall–Kier alpha value is -2.40. The minimum absolute atomic E-state index is 0.00296. The summed E-state index contributed by atoms with van der Waals surface area (Å²) in [5, 5.41) is 5.20. The number of rotatable bonds is 4. The monoisotopic (exact) mass is 332 g/mol. The van der Waals surface area contributed by atoms with Crippen LogP contribution in [0.15, 0.2) is 42.5 Å². The van der Waals surface area contributed by atoms with E-state index >= 15 is 0 Å². The lowest BCUT2D eigenvalue weighted by molar-refractivity contribution is -0.117. The molecular formula is C17H14ClFN2O2. The number of carbonyl (C=O) groups excluding carboxylic acids is 2. The molecule has 0 aromatic heterocycles. The third-order valence-corrected chi connectivity index (χ3v) is 3.85. The van der Waals surface area contributed by atoms with Gasteiger partial charge >= 0.3 is 0 Å². The van der Waals surface area contributed by atoms with E-state index in [1.54, 1.807) is 30.3 Å². The van der Waals surface area contributed by atoms with Crippen molar-refractivity contribution >= 4 is 34.8 Å². The van der Waals surface area contributed by atoms with Crippen LogP contribution in [0.5, 0.6) is 0 Å². The van der Waals surface area contributed by atoms with E-state index in [1.165, 1.54) is 12.1 Å². The fourth-order valence-electron chi connectivity index (χ4n) is 2.09. The van der Waals surface area contributed by atoms with Crippen LogP contribution in [0.3, 0.4) is 0 Å². The van der Waals surface area contributed by atoms with E-state index in [0.29, 0.717) is 11.3 Å². The SMILES string of the molecule is O=C(Nc1cccc(Cl)c1F)c1ccc(NC(=O)C2CC2)cc1. The van der Waals surface area contributed by atoms with E-state index < -0.39 is 11.7 Å². The van der Waals surface area contributed by atoms with E-state index in [-0.39, 0.29) is 22.5 Å². The summed E-state index contributed by atoms with van der Waals surface area (Å²) in [5.74, 6) is -1.01. The fourth-order valence-corrected chi connectivity index (χ4v) is 2.26. The van der Waals surface area contributed by atoms with Gasteiger partial charge in [0.25, 0.3) is 5.91 Å². The number of benzene rings is 2. The van der Waals surface area contributed by atoms with Crippen molar-refractivity contribution in [2.75, 3.05) is 10.6 Å². The van der Waals surface area contributed by atoms with Gasteiger partial charge in [-0.05, 0) is 49.2 Å². The molecule has 0 spiro atoms. The second kappa shape index (κ2) is 6.38. The van der Waals surface area contributed by atoms with E-state index in [9.17, 15) is 14.0 Å². The molecule has 1 aliphatic rings. The van der Waals surface area contributed by atoms with Crippen LogP contribution < -0.4 is 10.6 Å². The molecule has 0 atom stereocenters. The van der Waals surface area contributed by atoms with Crippen LogP contribution in [0.25, 0.3) is 0 Å². The third-order valence-electron chi connectivity index (χ3n) is 3.56. The van der Waals surface area contributed by atoms with Crippen molar-refractivity contribution in [1.29, 1.82) is 0 Å². The first kappa shape index (κ1) is 15.5. The van der Waals surface area contributed by atoms with Crippen molar-refractivity contribution in [2.45, 2.75) is 12.8 Å². The van der Waals surface area contributed by atoms with Gasteiger partial charge in [-0.25, -0.2) is 4.39 Å². The third kappa shape index (κ3) is 3.68. The number of hydrogen-bond donors (Lipinski definition) is 2. The Bertz CT molecular complexity index is 758. The molecule has 0 heterocycles. The lowest BCUT2D eigenvalue weighted by atomic mass is 10.2. The van der Waals surface area contributed by atoms with Crippen molar-refractivity contribution in [1.82, 2.24) is 0 Å². The molecule has 0 unspecified atom stereocenters. The average Bonchev–Trinajstić information content (AvgIpc) is 3.37. The molecule has 1 fully saturated rings. The molecule has 23 heavy (non-hydrogen) atoms. The summed E-state index contributed by atoms with van der Waals surface area (Å²) in [6, 6.07) is 10.8. The van der Waals surface area contributed by atoms with Gasteiger partial charge in [-0.15, -0.1) is 0 Å². The fraction of sp³-hybridized carbons (Fsp3) is 0.176. The minimum Gasteiger partial charge on any atom is -0.326 e. The number of nitrogens with one attached hydrogen (secondary N) is 2. The second-order valence-corrected chi connectivity index (χ2v) is 5.80. The largest absolute Gasteiger partial charge is 0.326 e. The topological polar surface area (TPSA) is 58.2 Å². The van der Waals surface area contributed by atoms with Crippen molar-refractivity contribution in [2.24, 2.45) is 5.92 Å². The first-order chi connectivity index (χ1) is 11.0. The normalized spacial score (nSPS) is 13.5. The van der Waals surface area contributed by atoms with Gasteiger partial charge in [0, 0.05) is 17.2 Å². The van der Waals surface area contributed by atoms with Gasteiger partial charge in [-0.2, -0.15) is 0 Å². The molecule has 3 rings (SSSR count). The summed E-state index contributed by atoms with van der Waals surface area (Å²) in [5.41, 5.74) is 1.01. The Kier molecular flexibility index (Phi) is 4.30. The summed E-state index contributed by atoms with van der Waals surface area (Å²) < 4.78 is 13.8. The van der Waals surface area contributed by atoms with E-state index in [1.807, 2.05) is 0 Å². The first-order valence-corrected chi connectivity index (χ1v) is 7.58. The highest BCUT2D eigenvalue weighted by atomic mass is 35.5. The highest BCUT2D eigenvalue weighted by molar-refractivity contribution is 6.31. The molecule has 6 heteroatoms. The van der Waals surface area contributed by atoms with Crippen LogP contribution in [-0.2, 0) is 4.79 Å². The molecule has 2 aromatic rings. The molecule has 0 aliphatic heterocycles. The molecule has 0 radical (unpaired) electrons. The average molecular weight is 333 g/mol. The maximum Gasteiger partial charge on any atom is 0.255 e. The van der Waals surface area contributed by atoms with Crippen molar-refractivity contribution < 1.29 is 14.0 Å². The number of carbonyl (C=O) groups is 2. The lowest BCUT2D eigenvalue weighted by Gasteiger charge is -2.08. The highest BCUT2D eigenvalue weighted by Crippen LogP contribution is 2.30. The van der Waals surface area contributed by atoms with E-state index in [0.717, 1.165) is 12.8 Å². The number of amides is 2. The van der Waals surface area contributed by atoms with Crippen LogP contribution in [0.1, 0.15) is 23.2 Å². The van der Waals surface area contributed by atoms with Crippen LogP contribution in [0, 0.1) is 11.7 Å². The molecule has 0 bridgehead atoms. The molecule has 2 N–H and O–H groups in total. The quantitative estimate of drug-likeness (QED) is 0.886. The zero-order valence-corrected chi connectivity index (χ0v) is 12.9. The molecule has 1 saturated carbocycles. The molecule has 118 valence electrons. The zero-order chi connectivity index (χ0) is 16.4. The second-order valence-electron chi connectivity index (χ2n) is 5.40. The van der Waals surface area contributed by atoms with Crippen molar-refractivity contribution in [3.63, 3.8) is 0 Å². The number of halogens is 2. The summed E-state index contributed by atoms with van der Waals surface area (Å²) in [4.78, 5) is 23.8. The van der Waals surface area contributed by atoms with Crippen LogP contribution in [0.4, 0.5) is 15.8 Å². The van der Waals surface area contributed by atoms with Gasteiger partial charge in [-0.3, -0.25) is 9.59 Å². The highest BCUT2D eigenvalue weighted by Gasteiger charge is 2.29. The molecule has 2 aromatic carbocycles. The Morgan fingerprint density at radius 3 is 2.39 bits per heavy atom. The Labute approximate surface area is 137 Å². The first-order valence-electron chi connectivity index (χ1n) is 7.21. The summed E-state index contributed by atoms with van der Waals surface area (Å²) >= 11 is 5.68. The Morgan fingerprint density at radius 2 is 1.74 bits per heavy atom. The van der Waals surface area contributed by atoms with Gasteiger partial charge in [-0.1, -0.05) is 17.7 Å². The van der Waals surface area contributed by atoms with Crippen LogP contribution >= 0.6 is 11.6 Å². The summed E-state index contributed by atoms with van der Waals surface area (Å²) in [6.45, 7) is 0. The van der Waals surface area contributed by atoms with Gasteiger partial charge in [0.05, 0.1) is 10.7 Å². The van der Waals surface area contributed by atoms with Crippen molar-refractivity contribution in [3.8, 4) is 0 Å². The Morgan fingerprint density at radius 1 is 1.04 bits per heavy atom. The van der Waals surface area contributed by atoms with Gasteiger partial charge in [0.15, 0.2) is 5.82 Å². The number of anilines is 2. The smallest absolute Gasteiger partial charge is 0.255 e. The van der Waals surface area contributed by atoms with Gasteiger partial charge < -0.3 is 10.6 Å². The standard InChI is InChI=1S/C17H14ClFN2O2/c18-13-2-1-3-14(15(13)19)21-17(23)11-6-8-12(9-7-11)20-16(22)10-4-5-10/h1-3,6-10H,4-5H2,(H,20,22)(H,21,23). The predicted octanol–water partition coefficient (Wildman–Crippen LogP) is 4.08. The van der Waals surface area contributed by atoms with Gasteiger partial charge in [0.2, 0.25) is 5.91 Å².